The van der Waals surface area contributed by atoms with Crippen LogP contribution in [0.25, 0.3) is 0 Å². The molecule has 6 nitrogen and oxygen atoms in total. The summed E-state index contributed by atoms with van der Waals surface area (Å²) in [5, 5.41) is 9.79. The number of thiazole rings is 1. The molecule has 0 saturated heterocycles. The number of anilines is 1. The summed E-state index contributed by atoms with van der Waals surface area (Å²) in [5.41, 5.74) is 6.31. The van der Waals surface area contributed by atoms with Gasteiger partial charge < -0.3 is 10.6 Å². The van der Waals surface area contributed by atoms with Crippen molar-refractivity contribution < 1.29 is 10.1 Å². The molecule has 0 radical (unpaired) electrons. The highest BCUT2D eigenvalue weighted by atomic mass is 32.1. The van der Waals surface area contributed by atoms with Crippen LogP contribution in [0.3, 0.4) is 0 Å². The van der Waals surface area contributed by atoms with Gasteiger partial charge in [0.05, 0.1) is 11.6 Å². The second kappa shape index (κ2) is 7.07. The fraction of sp³-hybridized carbons (Fsp3) is 0.105. The van der Waals surface area contributed by atoms with Crippen LogP contribution in [0.15, 0.2) is 64.4 Å². The van der Waals surface area contributed by atoms with Gasteiger partial charge in [0, 0.05) is 17.1 Å². The number of hydrogen-bond acceptors (Lipinski definition) is 4. The van der Waals surface area contributed by atoms with E-state index in [0.717, 1.165) is 34.2 Å². The molecule has 0 saturated carbocycles. The van der Waals surface area contributed by atoms with Gasteiger partial charge in [-0.2, -0.15) is 4.99 Å². The molecular weight excluding hydrogens is 346 g/mol. The number of benzene rings is 2. The normalized spacial score (nSPS) is 13.7. The average Bonchev–Trinajstić information content (AvgIpc) is 3.31. The number of nitrogens with zero attached hydrogens (tertiary/aromatic N) is 2. The van der Waals surface area contributed by atoms with Gasteiger partial charge in [0.2, 0.25) is 0 Å². The standard InChI is InChI=1S/C19H17N5OS/c1-12(13-5-3-2-4-6-13)21-19(25)22-14-7-8-15-16(9-14)24-18(23-15)17-10-26-11-20-17/h2-12H,1H3,(H,23,24)(H2,21,22,25)/p+1/t12-/m1/s1. The zero-order chi connectivity index (χ0) is 17.9. The largest absolute Gasteiger partial charge is 0.331 e. The number of amides is 2. The summed E-state index contributed by atoms with van der Waals surface area (Å²) in [4.78, 5) is 21.1. The van der Waals surface area contributed by atoms with E-state index in [0.29, 0.717) is 0 Å². The molecule has 4 rings (SSSR count). The van der Waals surface area contributed by atoms with E-state index in [1.54, 1.807) is 16.8 Å². The number of amidine groups is 1. The van der Waals surface area contributed by atoms with E-state index in [1.807, 2.05) is 66.2 Å². The van der Waals surface area contributed by atoms with Crippen LogP contribution in [-0.4, -0.2) is 16.9 Å². The molecule has 7 heteroatoms. The van der Waals surface area contributed by atoms with E-state index >= 15 is 0 Å². The number of nitrogens with one attached hydrogen (secondary N) is 2. The summed E-state index contributed by atoms with van der Waals surface area (Å²) in [5.74, 6) is 0.848. The van der Waals surface area contributed by atoms with Crippen LogP contribution in [0.5, 0.6) is 0 Å². The Bertz CT molecular complexity index is 953. The van der Waals surface area contributed by atoms with Gasteiger partial charge in [0.15, 0.2) is 11.4 Å². The Balaban J connectivity index is 1.40. The minimum absolute atomic E-state index is 0.0724. The lowest BCUT2D eigenvalue weighted by Gasteiger charge is -2.15. The molecule has 4 N–H and O–H groups in total. The first-order chi connectivity index (χ1) is 12.7. The monoisotopic (exact) mass is 364 g/mol. The molecule has 2 amide bonds. The molecule has 130 valence electrons. The number of hydrogen-bond donors (Lipinski definition) is 3. The maximum atomic E-state index is 12.3. The topological polar surface area (TPSA) is 83.0 Å². The highest BCUT2D eigenvalue weighted by Crippen LogP contribution is 2.28. The molecule has 0 aliphatic carbocycles. The second-order valence-electron chi connectivity index (χ2n) is 6.02. The number of carbonyl (C=O) groups excluding carboxylic acids is 1. The summed E-state index contributed by atoms with van der Waals surface area (Å²) < 4.78 is 0. The van der Waals surface area contributed by atoms with Crippen LogP contribution in [-0.2, 0) is 0 Å². The Hall–Kier alpha value is -3.03. The van der Waals surface area contributed by atoms with Crippen LogP contribution in [0.1, 0.15) is 24.2 Å². The highest BCUT2D eigenvalue weighted by Gasteiger charge is 2.23. The smallest absolute Gasteiger partial charge is 0.319 e. The van der Waals surface area contributed by atoms with Gasteiger partial charge >= 0.3 is 6.03 Å². The molecular formula is C19H18N5OS+. The molecule has 2 heterocycles. The van der Waals surface area contributed by atoms with Crippen molar-refractivity contribution in [1.82, 2.24) is 10.3 Å². The van der Waals surface area contributed by atoms with Gasteiger partial charge in [-0.05, 0) is 24.6 Å². The van der Waals surface area contributed by atoms with E-state index < -0.39 is 0 Å². The Morgan fingerprint density at radius 3 is 2.81 bits per heavy atom. The number of nitrogens with two attached hydrogens (primary N) is 1. The van der Waals surface area contributed by atoms with Gasteiger partial charge in [-0.1, -0.05) is 30.3 Å². The predicted octanol–water partition coefficient (Wildman–Crippen LogP) is 3.31. The molecule has 0 unspecified atom stereocenters. The van der Waals surface area contributed by atoms with E-state index in [9.17, 15) is 4.79 Å². The van der Waals surface area contributed by atoms with E-state index in [-0.39, 0.29) is 12.1 Å². The number of aromatic nitrogens is 1. The van der Waals surface area contributed by atoms with Crippen molar-refractivity contribution >= 4 is 40.3 Å². The number of carbonyl (C=O) groups is 1. The first kappa shape index (κ1) is 16.4. The summed E-state index contributed by atoms with van der Waals surface area (Å²) in [6.07, 6.45) is 0. The van der Waals surface area contributed by atoms with E-state index in [1.165, 1.54) is 0 Å². The van der Waals surface area contributed by atoms with Crippen molar-refractivity contribution in [3.05, 3.63) is 70.7 Å². The SMILES string of the molecule is C[C@@H](NC(=O)Nc1ccc2c(c1)[NH2+]C(c1cscn1)=N2)c1ccccc1. The number of quaternary nitrogens is 1. The van der Waals surface area contributed by atoms with Gasteiger partial charge in [-0.15, -0.1) is 11.3 Å². The van der Waals surface area contributed by atoms with Crippen LogP contribution in [0.4, 0.5) is 21.9 Å². The lowest BCUT2D eigenvalue weighted by atomic mass is 10.1. The Morgan fingerprint density at radius 1 is 1.19 bits per heavy atom. The molecule has 1 aliphatic rings. The maximum absolute atomic E-state index is 12.3. The summed E-state index contributed by atoms with van der Waals surface area (Å²) >= 11 is 1.54. The van der Waals surface area contributed by atoms with Crippen molar-refractivity contribution in [1.29, 1.82) is 0 Å². The second-order valence-corrected chi connectivity index (χ2v) is 6.74. The van der Waals surface area contributed by atoms with Gasteiger partial charge in [-0.3, -0.25) is 5.32 Å². The lowest BCUT2D eigenvalue weighted by Crippen LogP contribution is -2.80. The number of aliphatic imine (C=N–C) groups is 1. The van der Waals surface area contributed by atoms with Crippen molar-refractivity contribution in [2.75, 3.05) is 5.32 Å². The fourth-order valence-corrected chi connectivity index (χ4v) is 3.36. The molecule has 0 spiro atoms. The van der Waals surface area contributed by atoms with Crippen LogP contribution >= 0.6 is 11.3 Å². The minimum atomic E-state index is -0.236. The molecule has 0 fully saturated rings. The zero-order valence-corrected chi connectivity index (χ0v) is 15.0. The van der Waals surface area contributed by atoms with E-state index in [4.69, 9.17) is 0 Å². The lowest BCUT2D eigenvalue weighted by molar-refractivity contribution is -0.437. The molecule has 1 atom stereocenters. The molecule has 3 aromatic rings. The van der Waals surface area contributed by atoms with Gasteiger partial charge in [0.25, 0.3) is 5.84 Å². The number of rotatable bonds is 4. The van der Waals surface area contributed by atoms with Crippen LogP contribution < -0.4 is 16.0 Å². The Labute approximate surface area is 155 Å². The summed E-state index contributed by atoms with van der Waals surface area (Å²) in [6, 6.07) is 15.2. The fourth-order valence-electron chi connectivity index (χ4n) is 2.82. The maximum Gasteiger partial charge on any atom is 0.319 e. The first-order valence-electron chi connectivity index (χ1n) is 8.27. The van der Waals surface area contributed by atoms with Crippen molar-refractivity contribution in [2.45, 2.75) is 13.0 Å². The molecule has 2 aromatic carbocycles. The quantitative estimate of drug-likeness (QED) is 0.621. The number of urea groups is 1. The first-order valence-corrected chi connectivity index (χ1v) is 9.22. The molecule has 1 aromatic heterocycles. The zero-order valence-electron chi connectivity index (χ0n) is 14.1. The number of fused-ring (bicyclic) bond motifs is 1. The highest BCUT2D eigenvalue weighted by molar-refractivity contribution is 7.07. The van der Waals surface area contributed by atoms with Crippen molar-refractivity contribution in [3.8, 4) is 0 Å². The van der Waals surface area contributed by atoms with Gasteiger partial charge in [-0.25, -0.2) is 9.78 Å². The van der Waals surface area contributed by atoms with Gasteiger partial charge in [0.1, 0.15) is 5.69 Å². The molecule has 26 heavy (non-hydrogen) atoms. The predicted molar refractivity (Wildman–Crippen MR) is 103 cm³/mol. The average molecular weight is 364 g/mol. The third-order valence-corrected chi connectivity index (χ3v) is 4.75. The minimum Gasteiger partial charge on any atom is -0.331 e. The summed E-state index contributed by atoms with van der Waals surface area (Å²) in [6.45, 7) is 1.96. The van der Waals surface area contributed by atoms with Crippen LogP contribution in [0.2, 0.25) is 0 Å². The Morgan fingerprint density at radius 2 is 2.04 bits per heavy atom. The van der Waals surface area contributed by atoms with E-state index in [2.05, 4.69) is 20.6 Å². The molecule has 0 bridgehead atoms. The van der Waals surface area contributed by atoms with Crippen molar-refractivity contribution in [3.63, 3.8) is 0 Å². The summed E-state index contributed by atoms with van der Waals surface area (Å²) in [7, 11) is 0. The Kier molecular flexibility index (Phi) is 4.47. The third kappa shape index (κ3) is 3.49. The third-order valence-electron chi connectivity index (χ3n) is 4.16. The van der Waals surface area contributed by atoms with Crippen molar-refractivity contribution in [2.24, 2.45) is 4.99 Å². The molecule has 1 aliphatic heterocycles. The van der Waals surface area contributed by atoms with Crippen LogP contribution in [0, 0.1) is 0 Å².